The van der Waals surface area contributed by atoms with Crippen LogP contribution < -0.4 is 5.32 Å². The maximum atomic E-state index is 8.98. The zero-order chi connectivity index (χ0) is 8.81. The quantitative estimate of drug-likeness (QED) is 0.526. The molecule has 3 nitrogen and oxygen atoms in total. The van der Waals surface area contributed by atoms with E-state index >= 15 is 0 Å². The molecule has 0 aliphatic carbocycles. The maximum absolute atomic E-state index is 8.98. The van der Waals surface area contributed by atoms with Gasteiger partial charge in [0.25, 0.3) is 0 Å². The standard InChI is InChI=1S/C9H13NO2/c1-12-7-6-10-8-2-4-9(11)5-3-8/h2-5,10-11H,6-7H2,1H3. The second-order valence-corrected chi connectivity index (χ2v) is 2.47. The number of benzene rings is 1. The Morgan fingerprint density at radius 3 is 2.58 bits per heavy atom. The van der Waals surface area contributed by atoms with E-state index in [1.54, 1.807) is 19.2 Å². The molecule has 0 aliphatic rings. The number of rotatable bonds is 4. The van der Waals surface area contributed by atoms with Crippen LogP contribution >= 0.6 is 0 Å². The number of hydrogen-bond acceptors (Lipinski definition) is 3. The Labute approximate surface area is 72.0 Å². The molecule has 2 N–H and O–H groups in total. The van der Waals surface area contributed by atoms with E-state index in [0.29, 0.717) is 6.61 Å². The average Bonchev–Trinajstić information content (AvgIpc) is 2.09. The third-order valence-electron chi connectivity index (χ3n) is 1.50. The molecule has 12 heavy (non-hydrogen) atoms. The lowest BCUT2D eigenvalue weighted by Gasteiger charge is -2.04. The van der Waals surface area contributed by atoms with Gasteiger partial charge < -0.3 is 15.2 Å². The summed E-state index contributed by atoms with van der Waals surface area (Å²) in [6, 6.07) is 6.94. The van der Waals surface area contributed by atoms with Crippen molar-refractivity contribution in [1.29, 1.82) is 0 Å². The summed E-state index contributed by atoms with van der Waals surface area (Å²) < 4.78 is 4.88. The summed E-state index contributed by atoms with van der Waals surface area (Å²) in [7, 11) is 1.67. The van der Waals surface area contributed by atoms with E-state index in [2.05, 4.69) is 5.32 Å². The highest BCUT2D eigenvalue weighted by atomic mass is 16.5. The summed E-state index contributed by atoms with van der Waals surface area (Å²) >= 11 is 0. The van der Waals surface area contributed by atoms with Gasteiger partial charge in [-0.15, -0.1) is 0 Å². The monoisotopic (exact) mass is 167 g/mol. The molecule has 1 aromatic rings. The molecule has 0 saturated carbocycles. The number of methoxy groups -OCH3 is 1. The van der Waals surface area contributed by atoms with E-state index in [4.69, 9.17) is 9.84 Å². The molecule has 66 valence electrons. The first-order valence-electron chi connectivity index (χ1n) is 3.85. The molecule has 0 unspecified atom stereocenters. The zero-order valence-corrected chi connectivity index (χ0v) is 7.08. The number of ether oxygens (including phenoxy) is 1. The van der Waals surface area contributed by atoms with Crippen LogP contribution in [0.25, 0.3) is 0 Å². The highest BCUT2D eigenvalue weighted by Crippen LogP contribution is 2.12. The van der Waals surface area contributed by atoms with Crippen LogP contribution in [0.1, 0.15) is 0 Å². The molecule has 0 fully saturated rings. The fraction of sp³-hybridized carbons (Fsp3) is 0.333. The summed E-state index contributed by atoms with van der Waals surface area (Å²) in [5, 5.41) is 12.1. The number of phenols is 1. The molecule has 0 amide bonds. The first-order valence-corrected chi connectivity index (χ1v) is 3.85. The van der Waals surface area contributed by atoms with E-state index in [0.717, 1.165) is 12.2 Å². The lowest BCUT2D eigenvalue weighted by atomic mass is 10.3. The van der Waals surface area contributed by atoms with Crippen molar-refractivity contribution >= 4 is 5.69 Å². The molecule has 0 radical (unpaired) electrons. The number of anilines is 1. The molecule has 0 aliphatic heterocycles. The predicted molar refractivity (Wildman–Crippen MR) is 48.5 cm³/mol. The van der Waals surface area contributed by atoms with Crippen LogP contribution in [0.15, 0.2) is 24.3 Å². The average molecular weight is 167 g/mol. The SMILES string of the molecule is COCCNc1ccc(O)cc1. The Morgan fingerprint density at radius 2 is 2.00 bits per heavy atom. The molecular weight excluding hydrogens is 154 g/mol. The number of nitrogens with one attached hydrogen (secondary N) is 1. The Morgan fingerprint density at radius 1 is 1.33 bits per heavy atom. The zero-order valence-electron chi connectivity index (χ0n) is 7.08. The van der Waals surface area contributed by atoms with Crippen LogP contribution in [0.3, 0.4) is 0 Å². The van der Waals surface area contributed by atoms with E-state index in [1.165, 1.54) is 0 Å². The van der Waals surface area contributed by atoms with E-state index in [1.807, 2.05) is 12.1 Å². The molecule has 0 spiro atoms. The summed E-state index contributed by atoms with van der Waals surface area (Å²) in [6.07, 6.45) is 0. The lowest BCUT2D eigenvalue weighted by molar-refractivity contribution is 0.211. The summed E-state index contributed by atoms with van der Waals surface area (Å²) in [5.74, 6) is 0.285. The van der Waals surface area contributed by atoms with Crippen molar-refractivity contribution in [1.82, 2.24) is 0 Å². The first-order chi connectivity index (χ1) is 5.83. The fourth-order valence-corrected chi connectivity index (χ4v) is 0.877. The Hall–Kier alpha value is -1.22. The molecule has 0 saturated heterocycles. The van der Waals surface area contributed by atoms with Crippen molar-refractivity contribution in [3.05, 3.63) is 24.3 Å². The van der Waals surface area contributed by atoms with Crippen LogP contribution in [-0.2, 0) is 4.74 Å². The third-order valence-corrected chi connectivity index (χ3v) is 1.50. The molecular formula is C9H13NO2. The second-order valence-electron chi connectivity index (χ2n) is 2.47. The molecule has 1 aromatic carbocycles. The number of phenolic OH excluding ortho intramolecular Hbond substituents is 1. The normalized spacial score (nSPS) is 9.75. The Kier molecular flexibility index (Phi) is 3.41. The highest BCUT2D eigenvalue weighted by molar-refractivity contribution is 5.45. The molecule has 0 atom stereocenters. The minimum Gasteiger partial charge on any atom is -0.508 e. The molecule has 1 rings (SSSR count). The van der Waals surface area contributed by atoms with Gasteiger partial charge >= 0.3 is 0 Å². The van der Waals surface area contributed by atoms with Crippen molar-refractivity contribution in [2.24, 2.45) is 0 Å². The topological polar surface area (TPSA) is 41.5 Å². The van der Waals surface area contributed by atoms with Crippen molar-refractivity contribution in [2.45, 2.75) is 0 Å². The van der Waals surface area contributed by atoms with Gasteiger partial charge in [-0.2, -0.15) is 0 Å². The summed E-state index contributed by atoms with van der Waals surface area (Å²) in [4.78, 5) is 0. The van der Waals surface area contributed by atoms with Crippen LogP contribution in [0, 0.1) is 0 Å². The van der Waals surface area contributed by atoms with Crippen LogP contribution in [0.5, 0.6) is 5.75 Å². The predicted octanol–water partition coefficient (Wildman–Crippen LogP) is 1.45. The molecule has 3 heteroatoms. The molecule has 0 aromatic heterocycles. The molecule has 0 bridgehead atoms. The summed E-state index contributed by atoms with van der Waals surface area (Å²) in [6.45, 7) is 1.46. The highest BCUT2D eigenvalue weighted by Gasteiger charge is 1.90. The van der Waals surface area contributed by atoms with Crippen molar-refractivity contribution in [3.8, 4) is 5.75 Å². The van der Waals surface area contributed by atoms with E-state index in [9.17, 15) is 0 Å². The number of hydrogen-bond donors (Lipinski definition) is 2. The van der Waals surface area contributed by atoms with E-state index in [-0.39, 0.29) is 5.75 Å². The van der Waals surface area contributed by atoms with Gasteiger partial charge in [-0.3, -0.25) is 0 Å². The van der Waals surface area contributed by atoms with Gasteiger partial charge in [-0.25, -0.2) is 0 Å². The van der Waals surface area contributed by atoms with Crippen LogP contribution in [0.2, 0.25) is 0 Å². The van der Waals surface area contributed by atoms with Crippen molar-refractivity contribution in [2.75, 3.05) is 25.6 Å². The van der Waals surface area contributed by atoms with Crippen molar-refractivity contribution in [3.63, 3.8) is 0 Å². The first kappa shape index (κ1) is 8.87. The molecule has 0 heterocycles. The largest absolute Gasteiger partial charge is 0.508 e. The van der Waals surface area contributed by atoms with Crippen LogP contribution in [-0.4, -0.2) is 25.4 Å². The van der Waals surface area contributed by atoms with Gasteiger partial charge in [0.1, 0.15) is 5.75 Å². The van der Waals surface area contributed by atoms with Gasteiger partial charge in [0.2, 0.25) is 0 Å². The maximum Gasteiger partial charge on any atom is 0.115 e. The van der Waals surface area contributed by atoms with Gasteiger partial charge in [0.05, 0.1) is 6.61 Å². The smallest absolute Gasteiger partial charge is 0.115 e. The Bertz CT molecular complexity index is 220. The summed E-state index contributed by atoms with van der Waals surface area (Å²) in [5.41, 5.74) is 0.991. The van der Waals surface area contributed by atoms with Crippen LogP contribution in [0.4, 0.5) is 5.69 Å². The second kappa shape index (κ2) is 4.62. The van der Waals surface area contributed by atoms with Gasteiger partial charge in [0, 0.05) is 19.3 Å². The minimum atomic E-state index is 0.285. The number of aromatic hydroxyl groups is 1. The fourth-order valence-electron chi connectivity index (χ4n) is 0.877. The van der Waals surface area contributed by atoms with E-state index < -0.39 is 0 Å². The van der Waals surface area contributed by atoms with Crippen molar-refractivity contribution < 1.29 is 9.84 Å². The van der Waals surface area contributed by atoms with Gasteiger partial charge in [-0.05, 0) is 24.3 Å². The van der Waals surface area contributed by atoms with Gasteiger partial charge in [-0.1, -0.05) is 0 Å². The van der Waals surface area contributed by atoms with Gasteiger partial charge in [0.15, 0.2) is 0 Å². The lowest BCUT2D eigenvalue weighted by Crippen LogP contribution is -2.06. The third kappa shape index (κ3) is 2.80. The Balaban J connectivity index is 2.37. The minimum absolute atomic E-state index is 0.285.